The molecule has 0 saturated carbocycles. The molecule has 2 aromatic rings. The van der Waals surface area contributed by atoms with E-state index in [9.17, 15) is 4.79 Å². The first-order chi connectivity index (χ1) is 10.1. The molecule has 0 saturated heterocycles. The van der Waals surface area contributed by atoms with Gasteiger partial charge in [0.2, 0.25) is 0 Å². The predicted molar refractivity (Wildman–Crippen MR) is 80.0 cm³/mol. The van der Waals surface area contributed by atoms with E-state index in [-0.39, 0.29) is 5.56 Å². The van der Waals surface area contributed by atoms with Crippen LogP contribution in [0, 0.1) is 0 Å². The van der Waals surface area contributed by atoms with E-state index in [1.165, 1.54) is 12.1 Å². The smallest absolute Gasteiger partial charge is 0.335 e. The number of carboxylic acids is 1. The van der Waals surface area contributed by atoms with Crippen LogP contribution in [-0.2, 0) is 11.3 Å². The molecule has 0 amide bonds. The average molecular weight is 307 g/mol. The minimum Gasteiger partial charge on any atom is -0.491 e. The van der Waals surface area contributed by atoms with E-state index in [2.05, 4.69) is 0 Å². The summed E-state index contributed by atoms with van der Waals surface area (Å²) in [5.41, 5.74) is 1.28. The number of ether oxygens (including phenoxy) is 2. The molecular weight excluding hydrogens is 292 g/mol. The molecule has 4 nitrogen and oxygen atoms in total. The highest BCUT2D eigenvalue weighted by molar-refractivity contribution is 6.30. The second kappa shape index (κ2) is 7.67. The SMILES string of the molecule is O=C(O)c1ccc(OCCOCc2ccc(Cl)cc2)cc1. The Morgan fingerprint density at radius 3 is 2.29 bits per heavy atom. The van der Waals surface area contributed by atoms with Crippen molar-refractivity contribution in [2.75, 3.05) is 13.2 Å². The van der Waals surface area contributed by atoms with Crippen molar-refractivity contribution in [1.82, 2.24) is 0 Å². The lowest BCUT2D eigenvalue weighted by molar-refractivity contribution is 0.0696. The quantitative estimate of drug-likeness (QED) is 0.794. The molecule has 0 heterocycles. The number of aromatic carboxylic acids is 1. The maximum absolute atomic E-state index is 10.7. The Balaban J connectivity index is 1.67. The van der Waals surface area contributed by atoms with Gasteiger partial charge in [0.15, 0.2) is 0 Å². The maximum atomic E-state index is 10.7. The van der Waals surface area contributed by atoms with Crippen molar-refractivity contribution in [3.05, 3.63) is 64.7 Å². The summed E-state index contributed by atoms with van der Waals surface area (Å²) in [6, 6.07) is 13.7. The highest BCUT2D eigenvalue weighted by Crippen LogP contribution is 2.12. The van der Waals surface area contributed by atoms with Gasteiger partial charge in [-0.2, -0.15) is 0 Å². The van der Waals surface area contributed by atoms with E-state index in [1.807, 2.05) is 24.3 Å². The Morgan fingerprint density at radius 1 is 1.00 bits per heavy atom. The molecule has 0 aliphatic heterocycles. The van der Waals surface area contributed by atoms with E-state index < -0.39 is 5.97 Å². The molecular formula is C16H15ClO4. The van der Waals surface area contributed by atoms with Crippen LogP contribution in [0.25, 0.3) is 0 Å². The molecule has 0 spiro atoms. The molecule has 0 bridgehead atoms. The van der Waals surface area contributed by atoms with Crippen molar-refractivity contribution in [2.24, 2.45) is 0 Å². The molecule has 0 aliphatic rings. The van der Waals surface area contributed by atoms with Crippen molar-refractivity contribution in [3.63, 3.8) is 0 Å². The van der Waals surface area contributed by atoms with Crippen LogP contribution in [0.4, 0.5) is 0 Å². The van der Waals surface area contributed by atoms with Gasteiger partial charge in [0.25, 0.3) is 0 Å². The lowest BCUT2D eigenvalue weighted by Gasteiger charge is -2.07. The van der Waals surface area contributed by atoms with Crippen molar-refractivity contribution >= 4 is 17.6 Å². The molecule has 5 heteroatoms. The summed E-state index contributed by atoms with van der Waals surface area (Å²) >= 11 is 5.80. The Morgan fingerprint density at radius 2 is 1.67 bits per heavy atom. The second-order valence-electron chi connectivity index (χ2n) is 4.36. The summed E-state index contributed by atoms with van der Waals surface area (Å²) in [4.78, 5) is 10.7. The molecule has 0 unspecified atom stereocenters. The Bertz CT molecular complexity index is 578. The number of rotatable bonds is 7. The van der Waals surface area contributed by atoms with E-state index in [0.29, 0.717) is 30.6 Å². The van der Waals surface area contributed by atoms with Gasteiger partial charge in [0.05, 0.1) is 18.8 Å². The highest BCUT2D eigenvalue weighted by Gasteiger charge is 2.02. The van der Waals surface area contributed by atoms with Crippen molar-refractivity contribution < 1.29 is 19.4 Å². The molecule has 0 radical (unpaired) electrons. The third-order valence-corrected chi connectivity index (χ3v) is 3.03. The van der Waals surface area contributed by atoms with Crippen LogP contribution in [0.2, 0.25) is 5.02 Å². The number of hydrogen-bond acceptors (Lipinski definition) is 3. The van der Waals surface area contributed by atoms with Gasteiger partial charge in [-0.05, 0) is 42.0 Å². The second-order valence-corrected chi connectivity index (χ2v) is 4.79. The Kier molecular flexibility index (Phi) is 5.60. The van der Waals surface area contributed by atoms with Gasteiger partial charge in [0, 0.05) is 5.02 Å². The molecule has 2 rings (SSSR count). The predicted octanol–water partition coefficient (Wildman–Crippen LogP) is 3.63. The van der Waals surface area contributed by atoms with Crippen molar-refractivity contribution in [2.45, 2.75) is 6.61 Å². The van der Waals surface area contributed by atoms with Crippen LogP contribution < -0.4 is 4.74 Å². The van der Waals surface area contributed by atoms with Crippen LogP contribution in [-0.4, -0.2) is 24.3 Å². The molecule has 21 heavy (non-hydrogen) atoms. The van der Waals surface area contributed by atoms with Crippen LogP contribution in [0.3, 0.4) is 0 Å². The first-order valence-electron chi connectivity index (χ1n) is 6.43. The summed E-state index contributed by atoms with van der Waals surface area (Å²) in [5, 5.41) is 9.48. The molecule has 0 fully saturated rings. The topological polar surface area (TPSA) is 55.8 Å². The van der Waals surface area contributed by atoms with Gasteiger partial charge >= 0.3 is 5.97 Å². The zero-order valence-electron chi connectivity index (χ0n) is 11.3. The van der Waals surface area contributed by atoms with Crippen LogP contribution >= 0.6 is 11.6 Å². The third-order valence-electron chi connectivity index (χ3n) is 2.78. The average Bonchev–Trinajstić information content (AvgIpc) is 2.49. The van der Waals surface area contributed by atoms with Gasteiger partial charge in [-0.25, -0.2) is 4.79 Å². The summed E-state index contributed by atoms with van der Waals surface area (Å²) in [7, 11) is 0. The zero-order chi connectivity index (χ0) is 15.1. The standard InChI is InChI=1S/C16H15ClO4/c17-14-5-1-12(2-6-14)11-20-9-10-21-15-7-3-13(4-8-15)16(18)19/h1-8H,9-11H2,(H,18,19). The first kappa shape index (κ1) is 15.4. The van der Waals surface area contributed by atoms with Crippen LogP contribution in [0.15, 0.2) is 48.5 Å². The Hall–Kier alpha value is -2.04. The summed E-state index contributed by atoms with van der Waals surface area (Å²) in [6.45, 7) is 1.35. The molecule has 2 aromatic carbocycles. The summed E-state index contributed by atoms with van der Waals surface area (Å²) in [6.07, 6.45) is 0. The maximum Gasteiger partial charge on any atom is 0.335 e. The molecule has 1 N–H and O–H groups in total. The first-order valence-corrected chi connectivity index (χ1v) is 6.81. The van der Waals surface area contributed by atoms with Gasteiger partial charge < -0.3 is 14.6 Å². The van der Waals surface area contributed by atoms with Crippen molar-refractivity contribution in [3.8, 4) is 5.75 Å². The minimum atomic E-state index is -0.951. The van der Waals surface area contributed by atoms with E-state index in [1.54, 1.807) is 12.1 Å². The van der Waals surface area contributed by atoms with Crippen LogP contribution in [0.1, 0.15) is 15.9 Å². The fraction of sp³-hybridized carbons (Fsp3) is 0.188. The van der Waals surface area contributed by atoms with Crippen LogP contribution in [0.5, 0.6) is 5.75 Å². The van der Waals surface area contributed by atoms with Gasteiger partial charge in [-0.1, -0.05) is 23.7 Å². The van der Waals surface area contributed by atoms with Gasteiger partial charge in [0.1, 0.15) is 12.4 Å². The molecule has 0 aliphatic carbocycles. The number of carboxylic acid groups (broad SMARTS) is 1. The van der Waals surface area contributed by atoms with Gasteiger partial charge in [-0.3, -0.25) is 0 Å². The lowest BCUT2D eigenvalue weighted by atomic mass is 10.2. The minimum absolute atomic E-state index is 0.237. The van der Waals surface area contributed by atoms with Gasteiger partial charge in [-0.15, -0.1) is 0 Å². The fourth-order valence-corrected chi connectivity index (χ4v) is 1.81. The largest absolute Gasteiger partial charge is 0.491 e. The zero-order valence-corrected chi connectivity index (χ0v) is 12.0. The number of halogens is 1. The van der Waals surface area contributed by atoms with E-state index >= 15 is 0 Å². The third kappa shape index (κ3) is 5.10. The highest BCUT2D eigenvalue weighted by atomic mass is 35.5. The monoisotopic (exact) mass is 306 g/mol. The fourth-order valence-electron chi connectivity index (χ4n) is 1.68. The summed E-state index contributed by atoms with van der Waals surface area (Å²) < 4.78 is 10.9. The van der Waals surface area contributed by atoms with Crippen molar-refractivity contribution in [1.29, 1.82) is 0 Å². The number of carbonyl (C=O) groups is 1. The number of hydrogen-bond donors (Lipinski definition) is 1. The Labute approximate surface area is 127 Å². The summed E-state index contributed by atoms with van der Waals surface area (Å²) in [5.74, 6) is -0.331. The van der Waals surface area contributed by atoms with E-state index in [0.717, 1.165) is 5.56 Å². The normalized spacial score (nSPS) is 10.3. The lowest BCUT2D eigenvalue weighted by Crippen LogP contribution is -2.07. The molecule has 0 aromatic heterocycles. The molecule has 0 atom stereocenters. The van der Waals surface area contributed by atoms with E-state index in [4.69, 9.17) is 26.2 Å². The molecule has 110 valence electrons. The number of benzene rings is 2.